The Labute approximate surface area is 154 Å². The Morgan fingerprint density at radius 2 is 1.71 bits per heavy atom. The Balaban J connectivity index is 1.84. The summed E-state index contributed by atoms with van der Waals surface area (Å²) in [6, 6.07) is 18.5. The molecule has 3 nitrogen and oxygen atoms in total. The molecule has 0 saturated carbocycles. The highest BCUT2D eigenvalue weighted by molar-refractivity contribution is 9.10. The normalized spacial score (nSPS) is 10.6. The number of carbonyl (C=O) groups is 1. The molecule has 0 aliphatic rings. The van der Waals surface area contributed by atoms with Crippen molar-refractivity contribution in [2.75, 3.05) is 0 Å². The minimum Gasteiger partial charge on any atom is -0.467 e. The van der Waals surface area contributed by atoms with Crippen molar-refractivity contribution < 1.29 is 9.21 Å². The highest BCUT2D eigenvalue weighted by atomic mass is 79.9. The number of nitrogens with zero attached hydrogens (tertiary/aromatic N) is 1. The third-order valence-corrected chi connectivity index (χ3v) is 4.37. The van der Waals surface area contributed by atoms with Crippen LogP contribution in [0.1, 0.15) is 21.7 Å². The van der Waals surface area contributed by atoms with Gasteiger partial charge in [-0.25, -0.2) is 0 Å². The first-order valence-electron chi connectivity index (χ1n) is 7.43. The lowest BCUT2D eigenvalue weighted by Crippen LogP contribution is -2.30. The van der Waals surface area contributed by atoms with Gasteiger partial charge < -0.3 is 9.32 Å². The van der Waals surface area contributed by atoms with E-state index >= 15 is 0 Å². The molecule has 3 rings (SSSR count). The van der Waals surface area contributed by atoms with Crippen LogP contribution in [0.25, 0.3) is 0 Å². The lowest BCUT2D eigenvalue weighted by molar-refractivity contribution is 0.0717. The lowest BCUT2D eigenvalue weighted by atomic mass is 10.1. The van der Waals surface area contributed by atoms with E-state index in [-0.39, 0.29) is 5.91 Å². The van der Waals surface area contributed by atoms with Crippen LogP contribution in [0, 0.1) is 0 Å². The van der Waals surface area contributed by atoms with Crippen molar-refractivity contribution >= 4 is 33.4 Å². The Hall–Kier alpha value is -2.04. The SMILES string of the molecule is O=C(c1ccc(Br)cc1)N(Cc1ccc(Cl)cc1)Cc1ccco1. The second-order valence-electron chi connectivity index (χ2n) is 5.37. The van der Waals surface area contributed by atoms with Crippen molar-refractivity contribution in [2.45, 2.75) is 13.1 Å². The van der Waals surface area contributed by atoms with Crippen molar-refractivity contribution in [3.63, 3.8) is 0 Å². The second kappa shape index (κ2) is 7.69. The number of rotatable bonds is 5. The van der Waals surface area contributed by atoms with E-state index in [1.54, 1.807) is 11.2 Å². The standard InChI is InChI=1S/C19H15BrClNO2/c20-16-7-5-15(6-8-16)19(23)22(13-18-2-1-11-24-18)12-14-3-9-17(21)10-4-14/h1-11H,12-13H2. The molecule has 0 saturated heterocycles. The van der Waals surface area contributed by atoms with Crippen molar-refractivity contribution in [3.05, 3.63) is 93.3 Å². The quantitative estimate of drug-likeness (QED) is 0.559. The van der Waals surface area contributed by atoms with E-state index < -0.39 is 0 Å². The summed E-state index contributed by atoms with van der Waals surface area (Å²) >= 11 is 9.32. The van der Waals surface area contributed by atoms with Crippen LogP contribution in [-0.4, -0.2) is 10.8 Å². The molecule has 122 valence electrons. The van der Waals surface area contributed by atoms with Crippen LogP contribution in [0.15, 0.2) is 75.8 Å². The van der Waals surface area contributed by atoms with E-state index in [1.165, 1.54) is 0 Å². The largest absolute Gasteiger partial charge is 0.467 e. The van der Waals surface area contributed by atoms with Crippen molar-refractivity contribution in [3.8, 4) is 0 Å². The first-order valence-corrected chi connectivity index (χ1v) is 8.60. The van der Waals surface area contributed by atoms with Crippen molar-refractivity contribution in [1.29, 1.82) is 0 Å². The highest BCUT2D eigenvalue weighted by Gasteiger charge is 2.18. The Kier molecular flexibility index (Phi) is 5.38. The first kappa shape index (κ1) is 16.8. The van der Waals surface area contributed by atoms with Gasteiger partial charge in [0.15, 0.2) is 0 Å². The molecule has 0 N–H and O–H groups in total. The Bertz CT molecular complexity index is 798. The minimum atomic E-state index is -0.0474. The maximum atomic E-state index is 12.9. The van der Waals surface area contributed by atoms with Gasteiger partial charge in [0.1, 0.15) is 5.76 Å². The Morgan fingerprint density at radius 3 is 2.33 bits per heavy atom. The first-order chi connectivity index (χ1) is 11.6. The molecule has 0 radical (unpaired) electrons. The zero-order chi connectivity index (χ0) is 16.9. The Morgan fingerprint density at radius 1 is 1.00 bits per heavy atom. The molecule has 24 heavy (non-hydrogen) atoms. The number of amides is 1. The average molecular weight is 405 g/mol. The maximum absolute atomic E-state index is 12.9. The van der Waals surface area contributed by atoms with Gasteiger partial charge in [-0.2, -0.15) is 0 Å². The summed E-state index contributed by atoms with van der Waals surface area (Å²) in [5, 5.41) is 0.676. The van der Waals surface area contributed by atoms with Crippen LogP contribution in [0.4, 0.5) is 0 Å². The van der Waals surface area contributed by atoms with Gasteiger partial charge in [0, 0.05) is 21.6 Å². The number of carbonyl (C=O) groups excluding carboxylic acids is 1. The molecule has 1 amide bonds. The number of benzene rings is 2. The van der Waals surface area contributed by atoms with Gasteiger partial charge in [0.2, 0.25) is 0 Å². The van der Waals surface area contributed by atoms with Gasteiger partial charge in [-0.15, -0.1) is 0 Å². The molecule has 1 aromatic heterocycles. The fourth-order valence-corrected chi connectivity index (χ4v) is 2.77. The molecule has 0 unspecified atom stereocenters. The van der Waals surface area contributed by atoms with E-state index in [0.29, 0.717) is 23.7 Å². The van der Waals surface area contributed by atoms with Gasteiger partial charge >= 0.3 is 0 Å². The summed E-state index contributed by atoms with van der Waals surface area (Å²) in [5.41, 5.74) is 1.65. The number of hydrogen-bond acceptors (Lipinski definition) is 2. The molecular weight excluding hydrogens is 390 g/mol. The second-order valence-corrected chi connectivity index (χ2v) is 6.73. The third-order valence-electron chi connectivity index (χ3n) is 3.59. The summed E-state index contributed by atoms with van der Waals surface area (Å²) in [4.78, 5) is 14.7. The van der Waals surface area contributed by atoms with Crippen molar-refractivity contribution in [2.24, 2.45) is 0 Å². The summed E-state index contributed by atoms with van der Waals surface area (Å²) in [6.07, 6.45) is 1.61. The van der Waals surface area contributed by atoms with E-state index in [2.05, 4.69) is 15.9 Å². The van der Waals surface area contributed by atoms with E-state index in [1.807, 2.05) is 60.7 Å². The molecule has 1 heterocycles. The van der Waals surface area contributed by atoms with E-state index in [9.17, 15) is 4.79 Å². The lowest BCUT2D eigenvalue weighted by Gasteiger charge is -2.22. The number of furan rings is 1. The summed E-state index contributed by atoms with van der Waals surface area (Å²) < 4.78 is 6.34. The highest BCUT2D eigenvalue weighted by Crippen LogP contribution is 2.18. The topological polar surface area (TPSA) is 33.5 Å². The van der Waals surface area contributed by atoms with Crippen LogP contribution in [0.2, 0.25) is 5.02 Å². The van der Waals surface area contributed by atoms with E-state index in [0.717, 1.165) is 15.8 Å². The zero-order valence-corrected chi connectivity index (χ0v) is 15.1. The molecule has 0 fully saturated rings. The molecule has 0 spiro atoms. The van der Waals surface area contributed by atoms with Crippen LogP contribution in [0.5, 0.6) is 0 Å². The minimum absolute atomic E-state index is 0.0474. The molecule has 0 bridgehead atoms. The van der Waals surface area contributed by atoms with Crippen LogP contribution in [0.3, 0.4) is 0 Å². The van der Waals surface area contributed by atoms with Gasteiger partial charge in [-0.3, -0.25) is 4.79 Å². The summed E-state index contributed by atoms with van der Waals surface area (Å²) in [5.74, 6) is 0.697. The van der Waals surface area contributed by atoms with Gasteiger partial charge in [0.25, 0.3) is 5.91 Å². The fraction of sp³-hybridized carbons (Fsp3) is 0.105. The van der Waals surface area contributed by atoms with Crippen LogP contribution >= 0.6 is 27.5 Å². The molecule has 3 aromatic rings. The van der Waals surface area contributed by atoms with Crippen molar-refractivity contribution in [1.82, 2.24) is 4.90 Å². The fourth-order valence-electron chi connectivity index (χ4n) is 2.38. The van der Waals surface area contributed by atoms with Crippen LogP contribution in [-0.2, 0) is 13.1 Å². The molecule has 2 aromatic carbocycles. The van der Waals surface area contributed by atoms with E-state index in [4.69, 9.17) is 16.0 Å². The molecule has 0 aliphatic heterocycles. The maximum Gasteiger partial charge on any atom is 0.254 e. The van der Waals surface area contributed by atoms with Gasteiger partial charge in [-0.1, -0.05) is 39.7 Å². The molecular formula is C19H15BrClNO2. The van der Waals surface area contributed by atoms with Gasteiger partial charge in [-0.05, 0) is 54.1 Å². The predicted molar refractivity (Wildman–Crippen MR) is 97.9 cm³/mol. The summed E-state index contributed by atoms with van der Waals surface area (Å²) in [6.45, 7) is 0.886. The molecule has 0 atom stereocenters. The predicted octanol–water partition coefficient (Wildman–Crippen LogP) is 5.54. The smallest absolute Gasteiger partial charge is 0.254 e. The van der Waals surface area contributed by atoms with Crippen LogP contribution < -0.4 is 0 Å². The van der Waals surface area contributed by atoms with Gasteiger partial charge in [0.05, 0.1) is 12.8 Å². The number of hydrogen-bond donors (Lipinski definition) is 0. The summed E-state index contributed by atoms with van der Waals surface area (Å²) in [7, 11) is 0. The monoisotopic (exact) mass is 403 g/mol. The number of halogens is 2. The average Bonchev–Trinajstić information content (AvgIpc) is 3.09. The molecule has 0 aliphatic carbocycles. The zero-order valence-electron chi connectivity index (χ0n) is 12.8. The third kappa shape index (κ3) is 4.28. The molecule has 5 heteroatoms.